The Labute approximate surface area is 93.9 Å². The van der Waals surface area contributed by atoms with Crippen LogP contribution in [0, 0.1) is 11.3 Å². The van der Waals surface area contributed by atoms with Gasteiger partial charge in [-0.15, -0.1) is 0 Å². The number of nitriles is 1. The molecular formula is C13H10N2O. The molecule has 0 N–H and O–H groups in total. The van der Waals surface area contributed by atoms with Crippen molar-refractivity contribution in [1.82, 2.24) is 4.98 Å². The van der Waals surface area contributed by atoms with E-state index in [0.717, 1.165) is 11.3 Å². The molecule has 0 atom stereocenters. The fraction of sp³-hybridized carbons (Fsp3) is 0.0769. The van der Waals surface area contributed by atoms with E-state index >= 15 is 0 Å². The smallest absolute Gasteiger partial charge is 0.119 e. The van der Waals surface area contributed by atoms with Gasteiger partial charge in [0.2, 0.25) is 0 Å². The third-order valence-corrected chi connectivity index (χ3v) is 2.17. The summed E-state index contributed by atoms with van der Waals surface area (Å²) in [4.78, 5) is 3.89. The molecule has 0 bridgehead atoms. The molecule has 0 aliphatic rings. The van der Waals surface area contributed by atoms with Crippen LogP contribution in [0.2, 0.25) is 0 Å². The molecule has 0 radical (unpaired) electrons. The van der Waals surface area contributed by atoms with Crippen molar-refractivity contribution < 1.29 is 4.74 Å². The summed E-state index contributed by atoms with van der Waals surface area (Å²) in [6.07, 6.45) is 3.20. The summed E-state index contributed by atoms with van der Waals surface area (Å²) in [6, 6.07) is 13.4. The fourth-order valence-corrected chi connectivity index (χ4v) is 1.33. The molecule has 16 heavy (non-hydrogen) atoms. The molecule has 0 saturated carbocycles. The average Bonchev–Trinajstić information content (AvgIpc) is 2.38. The molecule has 0 spiro atoms. The summed E-state index contributed by atoms with van der Waals surface area (Å²) >= 11 is 0. The van der Waals surface area contributed by atoms with Crippen LogP contribution in [0.25, 0.3) is 0 Å². The standard InChI is InChI=1S/C13H10N2O/c14-8-12-9-15-7-6-11(12)10-16-13-4-2-1-3-5-13/h1-7,9H,10H2. The third-order valence-electron chi connectivity index (χ3n) is 2.17. The number of hydrogen-bond acceptors (Lipinski definition) is 3. The molecule has 1 aromatic carbocycles. The highest BCUT2D eigenvalue weighted by Crippen LogP contribution is 2.13. The molecule has 0 aliphatic carbocycles. The van der Waals surface area contributed by atoms with E-state index in [-0.39, 0.29) is 0 Å². The molecule has 0 amide bonds. The predicted molar refractivity (Wildman–Crippen MR) is 59.7 cm³/mol. The predicted octanol–water partition coefficient (Wildman–Crippen LogP) is 2.53. The zero-order chi connectivity index (χ0) is 11.2. The van der Waals surface area contributed by atoms with E-state index in [0.29, 0.717) is 12.2 Å². The Kier molecular flexibility index (Phi) is 3.15. The number of para-hydroxylation sites is 1. The van der Waals surface area contributed by atoms with Crippen molar-refractivity contribution in [1.29, 1.82) is 5.26 Å². The Morgan fingerprint density at radius 2 is 2.00 bits per heavy atom. The first kappa shape index (κ1) is 10.2. The second kappa shape index (κ2) is 4.94. The number of aromatic nitrogens is 1. The molecule has 2 aromatic rings. The summed E-state index contributed by atoms with van der Waals surface area (Å²) in [7, 11) is 0. The van der Waals surface area contributed by atoms with Crippen LogP contribution in [0.4, 0.5) is 0 Å². The highest BCUT2D eigenvalue weighted by Gasteiger charge is 2.01. The van der Waals surface area contributed by atoms with Crippen LogP contribution in [-0.2, 0) is 6.61 Å². The Balaban J connectivity index is 2.09. The van der Waals surface area contributed by atoms with Crippen molar-refractivity contribution in [2.75, 3.05) is 0 Å². The first-order valence-electron chi connectivity index (χ1n) is 4.91. The lowest BCUT2D eigenvalue weighted by atomic mass is 10.2. The summed E-state index contributed by atoms with van der Waals surface area (Å²) in [5, 5.41) is 8.87. The maximum atomic E-state index is 8.87. The van der Waals surface area contributed by atoms with Gasteiger partial charge < -0.3 is 4.74 Å². The van der Waals surface area contributed by atoms with Gasteiger partial charge in [-0.3, -0.25) is 4.98 Å². The van der Waals surface area contributed by atoms with Crippen LogP contribution in [0.3, 0.4) is 0 Å². The van der Waals surface area contributed by atoms with Gasteiger partial charge in [-0.2, -0.15) is 5.26 Å². The minimum atomic E-state index is 0.384. The van der Waals surface area contributed by atoms with Gasteiger partial charge >= 0.3 is 0 Å². The fourth-order valence-electron chi connectivity index (χ4n) is 1.33. The minimum absolute atomic E-state index is 0.384. The molecule has 1 aromatic heterocycles. The zero-order valence-electron chi connectivity index (χ0n) is 8.63. The van der Waals surface area contributed by atoms with Crippen molar-refractivity contribution in [2.45, 2.75) is 6.61 Å². The highest BCUT2D eigenvalue weighted by molar-refractivity contribution is 5.34. The average molecular weight is 210 g/mol. The van der Waals surface area contributed by atoms with Gasteiger partial charge in [-0.05, 0) is 18.2 Å². The van der Waals surface area contributed by atoms with E-state index < -0.39 is 0 Å². The molecule has 0 fully saturated rings. The Morgan fingerprint density at radius 3 is 2.75 bits per heavy atom. The first-order valence-corrected chi connectivity index (χ1v) is 4.91. The molecule has 0 aliphatic heterocycles. The largest absolute Gasteiger partial charge is 0.489 e. The lowest BCUT2D eigenvalue weighted by Gasteiger charge is -2.06. The van der Waals surface area contributed by atoms with Crippen molar-refractivity contribution in [3.05, 3.63) is 59.9 Å². The summed E-state index contributed by atoms with van der Waals surface area (Å²) in [5.41, 5.74) is 1.40. The van der Waals surface area contributed by atoms with Gasteiger partial charge in [0, 0.05) is 18.0 Å². The van der Waals surface area contributed by atoms with E-state index in [2.05, 4.69) is 11.1 Å². The molecule has 78 valence electrons. The van der Waals surface area contributed by atoms with Crippen LogP contribution >= 0.6 is 0 Å². The normalized spacial score (nSPS) is 9.44. The van der Waals surface area contributed by atoms with Gasteiger partial charge in [0.1, 0.15) is 18.4 Å². The van der Waals surface area contributed by atoms with Crippen molar-refractivity contribution in [2.24, 2.45) is 0 Å². The molecule has 1 heterocycles. The number of nitrogens with zero attached hydrogens (tertiary/aromatic N) is 2. The van der Waals surface area contributed by atoms with Crippen LogP contribution in [0.1, 0.15) is 11.1 Å². The van der Waals surface area contributed by atoms with Gasteiger partial charge in [0.25, 0.3) is 0 Å². The molecule has 0 saturated heterocycles. The number of rotatable bonds is 3. The van der Waals surface area contributed by atoms with Crippen LogP contribution in [0.5, 0.6) is 5.75 Å². The topological polar surface area (TPSA) is 45.9 Å². The van der Waals surface area contributed by atoms with Crippen LogP contribution in [-0.4, -0.2) is 4.98 Å². The molecule has 3 heteroatoms. The first-order chi connectivity index (χ1) is 7.90. The minimum Gasteiger partial charge on any atom is -0.489 e. The van der Waals surface area contributed by atoms with Crippen LogP contribution < -0.4 is 4.74 Å². The third kappa shape index (κ3) is 2.37. The van der Waals surface area contributed by atoms with E-state index in [1.165, 1.54) is 0 Å². The SMILES string of the molecule is N#Cc1cnccc1COc1ccccc1. The zero-order valence-corrected chi connectivity index (χ0v) is 8.63. The quantitative estimate of drug-likeness (QED) is 0.782. The monoisotopic (exact) mass is 210 g/mol. The Hall–Kier alpha value is -2.34. The van der Waals surface area contributed by atoms with Gasteiger partial charge in [0.05, 0.1) is 5.56 Å². The maximum Gasteiger partial charge on any atom is 0.119 e. The summed E-state index contributed by atoms with van der Waals surface area (Å²) < 4.78 is 5.56. The maximum absolute atomic E-state index is 8.87. The molecular weight excluding hydrogens is 200 g/mol. The Bertz CT molecular complexity index is 503. The summed E-state index contributed by atoms with van der Waals surface area (Å²) in [5.74, 6) is 0.795. The number of benzene rings is 1. The second-order valence-electron chi connectivity index (χ2n) is 3.25. The van der Waals surface area contributed by atoms with E-state index in [1.807, 2.05) is 30.3 Å². The van der Waals surface area contributed by atoms with E-state index in [4.69, 9.17) is 10.00 Å². The van der Waals surface area contributed by atoms with Crippen LogP contribution in [0.15, 0.2) is 48.8 Å². The molecule has 2 rings (SSSR count). The number of ether oxygens (including phenoxy) is 1. The lowest BCUT2D eigenvalue weighted by Crippen LogP contribution is -1.98. The van der Waals surface area contributed by atoms with Gasteiger partial charge in [0.15, 0.2) is 0 Å². The van der Waals surface area contributed by atoms with E-state index in [9.17, 15) is 0 Å². The van der Waals surface area contributed by atoms with E-state index in [1.54, 1.807) is 18.5 Å². The van der Waals surface area contributed by atoms with Gasteiger partial charge in [-0.1, -0.05) is 18.2 Å². The Morgan fingerprint density at radius 1 is 1.19 bits per heavy atom. The number of pyridine rings is 1. The second-order valence-corrected chi connectivity index (χ2v) is 3.25. The van der Waals surface area contributed by atoms with Crippen molar-refractivity contribution >= 4 is 0 Å². The van der Waals surface area contributed by atoms with Crippen molar-refractivity contribution in [3.63, 3.8) is 0 Å². The molecule has 3 nitrogen and oxygen atoms in total. The van der Waals surface area contributed by atoms with Crippen molar-refractivity contribution in [3.8, 4) is 11.8 Å². The highest BCUT2D eigenvalue weighted by atomic mass is 16.5. The number of hydrogen-bond donors (Lipinski definition) is 0. The van der Waals surface area contributed by atoms with Gasteiger partial charge in [-0.25, -0.2) is 0 Å². The summed E-state index contributed by atoms with van der Waals surface area (Å²) in [6.45, 7) is 0.384. The lowest BCUT2D eigenvalue weighted by molar-refractivity contribution is 0.306. The molecule has 0 unspecified atom stereocenters.